The van der Waals surface area contributed by atoms with Crippen LogP contribution in [0.3, 0.4) is 0 Å². The minimum atomic E-state index is -0.328. The average molecular weight is 249 g/mol. The topological polar surface area (TPSA) is 18.5 Å². The zero-order valence-corrected chi connectivity index (χ0v) is 8.80. The lowest BCUT2D eigenvalue weighted by Gasteiger charge is -2.08. The first kappa shape index (κ1) is 10.3. The molecule has 72 valence electrons. The molecule has 0 bridgehead atoms. The summed E-state index contributed by atoms with van der Waals surface area (Å²) in [5, 5.41) is 0.701. The lowest BCUT2D eigenvalue weighted by molar-refractivity contribution is 0.312. The van der Waals surface area contributed by atoms with Crippen LogP contribution in [0.25, 0.3) is 0 Å². The SMILES string of the molecule is COc1ccc(F)cc1OCCBr. The fraction of sp³-hybridized carbons (Fsp3) is 0.333. The Labute approximate surface area is 84.8 Å². The van der Waals surface area contributed by atoms with Gasteiger partial charge in [-0.1, -0.05) is 15.9 Å². The van der Waals surface area contributed by atoms with E-state index >= 15 is 0 Å². The third-order valence-electron chi connectivity index (χ3n) is 1.46. The van der Waals surface area contributed by atoms with Crippen LogP contribution in [0.2, 0.25) is 0 Å². The van der Waals surface area contributed by atoms with E-state index in [9.17, 15) is 4.39 Å². The third kappa shape index (κ3) is 2.88. The van der Waals surface area contributed by atoms with Crippen molar-refractivity contribution in [3.05, 3.63) is 24.0 Å². The molecule has 1 rings (SSSR count). The molecule has 0 aromatic heterocycles. The van der Waals surface area contributed by atoms with E-state index in [1.807, 2.05) is 0 Å². The molecule has 0 radical (unpaired) electrons. The predicted octanol–water partition coefficient (Wildman–Crippen LogP) is 2.61. The lowest BCUT2D eigenvalue weighted by Crippen LogP contribution is -2.00. The second-order valence-corrected chi connectivity index (χ2v) is 3.13. The van der Waals surface area contributed by atoms with Gasteiger partial charge in [0, 0.05) is 11.4 Å². The lowest BCUT2D eigenvalue weighted by atomic mass is 10.3. The molecule has 2 nitrogen and oxygen atoms in total. The Kier molecular flexibility index (Phi) is 4.02. The number of alkyl halides is 1. The first-order valence-corrected chi connectivity index (χ1v) is 4.92. The zero-order chi connectivity index (χ0) is 9.68. The molecule has 0 N–H and O–H groups in total. The van der Waals surface area contributed by atoms with Gasteiger partial charge in [-0.3, -0.25) is 0 Å². The summed E-state index contributed by atoms with van der Waals surface area (Å²) in [6.07, 6.45) is 0. The zero-order valence-electron chi connectivity index (χ0n) is 7.22. The minimum absolute atomic E-state index is 0.328. The van der Waals surface area contributed by atoms with Gasteiger partial charge in [-0.25, -0.2) is 4.39 Å². The predicted molar refractivity (Wildman–Crippen MR) is 52.2 cm³/mol. The smallest absolute Gasteiger partial charge is 0.164 e. The maximum atomic E-state index is 12.8. The fourth-order valence-corrected chi connectivity index (χ4v) is 1.07. The summed E-state index contributed by atoms with van der Waals surface area (Å²) in [4.78, 5) is 0. The first-order valence-electron chi connectivity index (χ1n) is 3.80. The highest BCUT2D eigenvalue weighted by molar-refractivity contribution is 9.09. The summed E-state index contributed by atoms with van der Waals surface area (Å²) in [6.45, 7) is 0.486. The molecule has 0 aliphatic carbocycles. The maximum Gasteiger partial charge on any atom is 0.164 e. The van der Waals surface area contributed by atoms with Crippen molar-refractivity contribution in [1.29, 1.82) is 0 Å². The summed E-state index contributed by atoms with van der Waals surface area (Å²) >= 11 is 3.21. The maximum absolute atomic E-state index is 12.8. The summed E-state index contributed by atoms with van der Waals surface area (Å²) in [6, 6.07) is 4.18. The van der Waals surface area contributed by atoms with Gasteiger partial charge in [0.1, 0.15) is 5.82 Å². The van der Waals surface area contributed by atoms with Crippen molar-refractivity contribution in [3.63, 3.8) is 0 Å². The number of benzene rings is 1. The van der Waals surface area contributed by atoms with Gasteiger partial charge in [0.15, 0.2) is 11.5 Å². The minimum Gasteiger partial charge on any atom is -0.493 e. The number of methoxy groups -OCH3 is 1. The van der Waals surface area contributed by atoms with E-state index in [1.165, 1.54) is 19.2 Å². The molecule has 0 fully saturated rings. The van der Waals surface area contributed by atoms with Crippen LogP contribution in [0, 0.1) is 5.82 Å². The van der Waals surface area contributed by atoms with E-state index in [-0.39, 0.29) is 5.82 Å². The van der Waals surface area contributed by atoms with E-state index in [2.05, 4.69) is 15.9 Å². The van der Waals surface area contributed by atoms with Crippen LogP contribution in [0.5, 0.6) is 11.5 Å². The molecule has 0 unspecified atom stereocenters. The molecule has 0 saturated heterocycles. The van der Waals surface area contributed by atoms with Gasteiger partial charge in [-0.05, 0) is 12.1 Å². The second-order valence-electron chi connectivity index (χ2n) is 2.33. The van der Waals surface area contributed by atoms with E-state index < -0.39 is 0 Å². The van der Waals surface area contributed by atoms with Crippen LogP contribution < -0.4 is 9.47 Å². The van der Waals surface area contributed by atoms with Crippen molar-refractivity contribution >= 4 is 15.9 Å². The van der Waals surface area contributed by atoms with E-state index in [0.717, 1.165) is 0 Å². The molecular formula is C9H10BrFO2. The number of hydrogen-bond acceptors (Lipinski definition) is 2. The first-order chi connectivity index (χ1) is 6.27. The number of ether oxygens (including phenoxy) is 2. The molecule has 0 spiro atoms. The van der Waals surface area contributed by atoms with E-state index in [1.54, 1.807) is 6.07 Å². The monoisotopic (exact) mass is 248 g/mol. The van der Waals surface area contributed by atoms with Gasteiger partial charge in [0.05, 0.1) is 13.7 Å². The molecule has 13 heavy (non-hydrogen) atoms. The van der Waals surface area contributed by atoms with Gasteiger partial charge in [-0.15, -0.1) is 0 Å². The van der Waals surface area contributed by atoms with Crippen molar-refractivity contribution < 1.29 is 13.9 Å². The van der Waals surface area contributed by atoms with Gasteiger partial charge < -0.3 is 9.47 Å². The quantitative estimate of drug-likeness (QED) is 0.763. The molecule has 0 amide bonds. The molecule has 1 aromatic carbocycles. The van der Waals surface area contributed by atoms with Crippen LogP contribution in [-0.2, 0) is 0 Å². The standard InChI is InChI=1S/C9H10BrFO2/c1-12-8-3-2-7(11)6-9(8)13-5-4-10/h2-3,6H,4-5H2,1H3. The summed E-state index contributed by atoms with van der Waals surface area (Å²) < 4.78 is 23.0. The number of hydrogen-bond donors (Lipinski definition) is 0. The molecule has 4 heteroatoms. The Morgan fingerprint density at radius 1 is 1.38 bits per heavy atom. The van der Waals surface area contributed by atoms with Crippen molar-refractivity contribution in [3.8, 4) is 11.5 Å². The van der Waals surface area contributed by atoms with E-state index in [0.29, 0.717) is 23.4 Å². The highest BCUT2D eigenvalue weighted by atomic mass is 79.9. The summed E-state index contributed by atoms with van der Waals surface area (Å²) in [7, 11) is 1.52. The van der Waals surface area contributed by atoms with Crippen LogP contribution in [0.4, 0.5) is 4.39 Å². The molecule has 0 heterocycles. The van der Waals surface area contributed by atoms with Gasteiger partial charge in [-0.2, -0.15) is 0 Å². The molecule has 1 aromatic rings. The Balaban J connectivity index is 2.81. The van der Waals surface area contributed by atoms with Crippen molar-refractivity contribution in [2.45, 2.75) is 0 Å². The Morgan fingerprint density at radius 2 is 2.15 bits per heavy atom. The van der Waals surface area contributed by atoms with Crippen molar-refractivity contribution in [1.82, 2.24) is 0 Å². The van der Waals surface area contributed by atoms with Crippen molar-refractivity contribution in [2.24, 2.45) is 0 Å². The average Bonchev–Trinajstić information content (AvgIpc) is 2.15. The number of halogens is 2. The summed E-state index contributed by atoms with van der Waals surface area (Å²) in [5.74, 6) is 0.648. The fourth-order valence-electron chi connectivity index (χ4n) is 0.912. The van der Waals surface area contributed by atoms with E-state index in [4.69, 9.17) is 9.47 Å². The molecule has 0 saturated carbocycles. The van der Waals surface area contributed by atoms with Gasteiger partial charge in [0.2, 0.25) is 0 Å². The highest BCUT2D eigenvalue weighted by Gasteiger charge is 2.04. The second kappa shape index (κ2) is 5.07. The normalized spacial score (nSPS) is 9.77. The van der Waals surface area contributed by atoms with Gasteiger partial charge in [0.25, 0.3) is 0 Å². The Bertz CT molecular complexity index is 278. The molecule has 0 aliphatic rings. The van der Waals surface area contributed by atoms with Crippen LogP contribution in [0.15, 0.2) is 18.2 Å². The van der Waals surface area contributed by atoms with Crippen molar-refractivity contribution in [2.75, 3.05) is 19.0 Å². The summed E-state index contributed by atoms with van der Waals surface area (Å²) in [5.41, 5.74) is 0. The van der Waals surface area contributed by atoms with Crippen LogP contribution in [-0.4, -0.2) is 19.0 Å². The largest absolute Gasteiger partial charge is 0.493 e. The molecular weight excluding hydrogens is 239 g/mol. The Morgan fingerprint density at radius 3 is 2.77 bits per heavy atom. The molecule has 0 aliphatic heterocycles. The van der Waals surface area contributed by atoms with Gasteiger partial charge >= 0.3 is 0 Å². The van der Waals surface area contributed by atoms with Crippen LogP contribution in [0.1, 0.15) is 0 Å². The number of rotatable bonds is 4. The molecule has 0 atom stereocenters. The van der Waals surface area contributed by atoms with Crippen LogP contribution >= 0.6 is 15.9 Å². The Hall–Kier alpha value is -0.770. The third-order valence-corrected chi connectivity index (χ3v) is 1.78. The highest BCUT2D eigenvalue weighted by Crippen LogP contribution is 2.27.